The summed E-state index contributed by atoms with van der Waals surface area (Å²) in [6, 6.07) is 11.6. The van der Waals surface area contributed by atoms with E-state index in [0.29, 0.717) is 28.8 Å². The number of imidazole rings is 1. The van der Waals surface area contributed by atoms with Gasteiger partial charge in [-0.25, -0.2) is 4.98 Å². The van der Waals surface area contributed by atoms with Crippen LogP contribution >= 0.6 is 11.6 Å². The fourth-order valence-electron chi connectivity index (χ4n) is 4.10. The van der Waals surface area contributed by atoms with Crippen LogP contribution in [0.1, 0.15) is 31.3 Å². The van der Waals surface area contributed by atoms with Gasteiger partial charge in [0, 0.05) is 51.1 Å². The molecular weight excluding hydrogens is 510 g/mol. The second-order valence-corrected chi connectivity index (χ2v) is 9.30. The number of carbonyl (C=O) groups is 3. The minimum Gasteiger partial charge on any atom is -0.492 e. The van der Waals surface area contributed by atoms with Crippen molar-refractivity contribution >= 4 is 35.0 Å². The maximum atomic E-state index is 13.0. The third-order valence-electron chi connectivity index (χ3n) is 6.30. The minimum absolute atomic E-state index is 0.0441. The summed E-state index contributed by atoms with van der Waals surface area (Å²) in [7, 11) is 3.55. The minimum atomic E-state index is -0.793. The highest BCUT2D eigenvalue weighted by Crippen LogP contribution is 2.24. The number of piperazine rings is 1. The number of nitrogens with zero attached hydrogens (tertiary/aromatic N) is 4. The number of nitrogens with one attached hydrogen (secondary N) is 2. The van der Waals surface area contributed by atoms with Gasteiger partial charge in [-0.1, -0.05) is 11.6 Å². The third kappa shape index (κ3) is 6.31. The molecule has 0 unspecified atom stereocenters. The number of anilines is 1. The molecule has 0 radical (unpaired) electrons. The second kappa shape index (κ2) is 12.1. The van der Waals surface area contributed by atoms with Crippen molar-refractivity contribution < 1.29 is 19.1 Å². The van der Waals surface area contributed by atoms with Gasteiger partial charge in [0.25, 0.3) is 17.7 Å². The number of carbonyl (C=O) groups excluding carboxylic acids is 3. The molecule has 3 amide bonds. The van der Waals surface area contributed by atoms with Gasteiger partial charge in [-0.2, -0.15) is 0 Å². The first-order valence-corrected chi connectivity index (χ1v) is 12.5. The predicted octanol–water partition coefficient (Wildman–Crippen LogP) is 1.86. The highest BCUT2D eigenvalue weighted by atomic mass is 35.5. The van der Waals surface area contributed by atoms with Crippen LogP contribution in [0.15, 0.2) is 48.8 Å². The lowest BCUT2D eigenvalue weighted by Gasteiger charge is -2.32. The van der Waals surface area contributed by atoms with E-state index in [2.05, 4.69) is 32.5 Å². The molecular formula is C26H30ClN7O4. The number of hydrogen-bond donors (Lipinski definition) is 3. The van der Waals surface area contributed by atoms with Crippen LogP contribution in [0, 0.1) is 0 Å². The van der Waals surface area contributed by atoms with Gasteiger partial charge in [0.15, 0.2) is 5.69 Å². The Morgan fingerprint density at radius 1 is 1.05 bits per heavy atom. The van der Waals surface area contributed by atoms with Gasteiger partial charge in [-0.15, -0.1) is 0 Å². The largest absolute Gasteiger partial charge is 0.492 e. The number of aromatic nitrogens is 2. The van der Waals surface area contributed by atoms with E-state index in [-0.39, 0.29) is 17.0 Å². The van der Waals surface area contributed by atoms with E-state index >= 15 is 0 Å². The van der Waals surface area contributed by atoms with Gasteiger partial charge in [-0.05, 0) is 49.5 Å². The fourth-order valence-corrected chi connectivity index (χ4v) is 4.30. The van der Waals surface area contributed by atoms with Crippen molar-refractivity contribution in [3.05, 3.63) is 70.8 Å². The quantitative estimate of drug-likeness (QED) is 0.378. The number of halogens is 1. The van der Waals surface area contributed by atoms with Crippen LogP contribution in [-0.2, 0) is 0 Å². The Morgan fingerprint density at radius 3 is 2.42 bits per heavy atom. The summed E-state index contributed by atoms with van der Waals surface area (Å²) in [5, 5.41) is 5.55. The van der Waals surface area contributed by atoms with Crippen LogP contribution in [-0.4, -0.2) is 90.5 Å². The van der Waals surface area contributed by atoms with E-state index in [9.17, 15) is 14.4 Å². The molecule has 4 N–H and O–H groups in total. The van der Waals surface area contributed by atoms with Crippen molar-refractivity contribution in [3.8, 4) is 11.4 Å². The van der Waals surface area contributed by atoms with Crippen LogP contribution in [0.25, 0.3) is 5.69 Å². The Hall–Kier alpha value is -3.93. The molecule has 0 saturated carbocycles. The lowest BCUT2D eigenvalue weighted by Crippen LogP contribution is -2.45. The number of hydrogen-bond acceptors (Lipinski definition) is 7. The number of nitrogens with two attached hydrogens (primary N) is 1. The normalized spacial score (nSPS) is 14.2. The number of likely N-dealkylation sites (N-methyl/N-ethyl adjacent to an activating group) is 1. The summed E-state index contributed by atoms with van der Waals surface area (Å²) in [5.74, 6) is -1.15. The Morgan fingerprint density at radius 2 is 1.76 bits per heavy atom. The van der Waals surface area contributed by atoms with Crippen LogP contribution < -0.4 is 21.1 Å². The maximum absolute atomic E-state index is 13.0. The highest BCUT2D eigenvalue weighted by molar-refractivity contribution is 6.34. The van der Waals surface area contributed by atoms with E-state index < -0.39 is 17.7 Å². The maximum Gasteiger partial charge on any atom is 0.272 e. The molecule has 2 aromatic carbocycles. The monoisotopic (exact) mass is 539 g/mol. The van der Waals surface area contributed by atoms with Crippen LogP contribution in [0.4, 0.5) is 5.69 Å². The molecule has 1 saturated heterocycles. The molecule has 11 nitrogen and oxygen atoms in total. The number of rotatable bonds is 9. The van der Waals surface area contributed by atoms with E-state index in [0.717, 1.165) is 32.7 Å². The first-order valence-electron chi connectivity index (χ1n) is 12.1. The van der Waals surface area contributed by atoms with Crippen molar-refractivity contribution in [2.24, 2.45) is 5.73 Å². The Labute approximate surface area is 225 Å². The predicted molar refractivity (Wildman–Crippen MR) is 144 cm³/mol. The molecule has 200 valence electrons. The number of amides is 3. The summed E-state index contributed by atoms with van der Waals surface area (Å²) >= 11 is 6.30. The molecule has 0 atom stereocenters. The summed E-state index contributed by atoms with van der Waals surface area (Å²) in [6.07, 6.45) is 1.34. The topological polar surface area (TPSA) is 135 Å². The van der Waals surface area contributed by atoms with Gasteiger partial charge in [0.1, 0.15) is 24.4 Å². The van der Waals surface area contributed by atoms with Gasteiger partial charge in [0.05, 0.1) is 10.6 Å². The van der Waals surface area contributed by atoms with Crippen LogP contribution in [0.2, 0.25) is 5.02 Å². The lowest BCUT2D eigenvalue weighted by molar-refractivity contribution is 0.0937. The molecule has 1 aliphatic heterocycles. The SMILES string of the molecule is CNC(=O)c1ncn(-c2ccc(NC(=O)c3cc(OCCN4CCN(C)CC4)ccc3Cl)cc2)c1C(N)=O. The van der Waals surface area contributed by atoms with Crippen LogP contribution in [0.5, 0.6) is 5.75 Å². The molecule has 4 rings (SSSR count). The van der Waals surface area contributed by atoms with Crippen molar-refractivity contribution in [1.29, 1.82) is 0 Å². The molecule has 2 heterocycles. The molecule has 1 aliphatic rings. The fraction of sp³-hybridized carbons (Fsp3) is 0.308. The van der Waals surface area contributed by atoms with E-state index in [1.165, 1.54) is 17.9 Å². The first kappa shape index (κ1) is 27.1. The Kier molecular flexibility index (Phi) is 8.62. The molecule has 0 aliphatic carbocycles. The smallest absolute Gasteiger partial charge is 0.272 e. The summed E-state index contributed by atoms with van der Waals surface area (Å²) in [4.78, 5) is 45.6. The molecule has 38 heavy (non-hydrogen) atoms. The van der Waals surface area contributed by atoms with Crippen molar-refractivity contribution in [2.45, 2.75) is 0 Å². The van der Waals surface area contributed by atoms with Gasteiger partial charge >= 0.3 is 0 Å². The van der Waals surface area contributed by atoms with E-state index in [1.807, 2.05) is 0 Å². The average molecular weight is 540 g/mol. The van der Waals surface area contributed by atoms with Crippen molar-refractivity contribution in [3.63, 3.8) is 0 Å². The molecule has 1 fully saturated rings. The van der Waals surface area contributed by atoms with Crippen molar-refractivity contribution in [1.82, 2.24) is 24.7 Å². The molecule has 0 bridgehead atoms. The highest BCUT2D eigenvalue weighted by Gasteiger charge is 2.22. The number of ether oxygens (including phenoxy) is 1. The zero-order chi connectivity index (χ0) is 27.2. The lowest BCUT2D eigenvalue weighted by atomic mass is 10.2. The first-order chi connectivity index (χ1) is 18.3. The van der Waals surface area contributed by atoms with Crippen LogP contribution in [0.3, 0.4) is 0 Å². The average Bonchev–Trinajstić information content (AvgIpc) is 3.36. The second-order valence-electron chi connectivity index (χ2n) is 8.89. The van der Waals surface area contributed by atoms with Gasteiger partial charge < -0.3 is 26.0 Å². The van der Waals surface area contributed by atoms with E-state index in [4.69, 9.17) is 22.1 Å². The number of primary amides is 1. The standard InChI is InChI=1S/C26H30ClN7O4/c1-29-26(37)22-23(24(28)35)34(16-30-22)18-5-3-17(4-6-18)31-25(36)20-15-19(7-8-21(20)27)38-14-13-33-11-9-32(2)10-12-33/h3-8,15-16H,9-14H2,1-2H3,(H2,28,35)(H,29,37)(H,31,36). The van der Waals surface area contributed by atoms with Gasteiger partial charge in [-0.3, -0.25) is 23.9 Å². The summed E-state index contributed by atoms with van der Waals surface area (Å²) < 4.78 is 7.30. The van der Waals surface area contributed by atoms with Crippen molar-refractivity contribution in [2.75, 3.05) is 58.7 Å². The molecule has 12 heteroatoms. The molecule has 0 spiro atoms. The summed E-state index contributed by atoms with van der Waals surface area (Å²) in [6.45, 7) is 5.41. The van der Waals surface area contributed by atoms with Gasteiger partial charge in [0.2, 0.25) is 0 Å². The third-order valence-corrected chi connectivity index (χ3v) is 6.63. The zero-order valence-corrected chi connectivity index (χ0v) is 22.0. The molecule has 1 aromatic heterocycles. The Balaban J connectivity index is 1.41. The Bertz CT molecular complexity index is 1320. The zero-order valence-electron chi connectivity index (χ0n) is 21.2. The number of benzene rings is 2. The molecule has 3 aromatic rings. The van der Waals surface area contributed by atoms with E-state index in [1.54, 1.807) is 42.5 Å². The summed E-state index contributed by atoms with van der Waals surface area (Å²) in [5.41, 5.74) is 6.69.